The number of nitro groups is 1. The van der Waals surface area contributed by atoms with Gasteiger partial charge in [-0.3, -0.25) is 10.1 Å². The number of nitro benzene ring substituents is 1. The van der Waals surface area contributed by atoms with Crippen LogP contribution >= 0.6 is 0 Å². The molecule has 0 heterocycles. The molecule has 5 heteroatoms. The summed E-state index contributed by atoms with van der Waals surface area (Å²) in [6.07, 6.45) is 1.11. The SMILES string of the molecule is CCCNCCNc1cc(C)cc([N+](=O)[O-])c1. The van der Waals surface area contributed by atoms with Crippen LogP contribution in [0.5, 0.6) is 0 Å². The fourth-order valence-electron chi connectivity index (χ4n) is 1.57. The van der Waals surface area contributed by atoms with E-state index in [-0.39, 0.29) is 10.6 Å². The zero-order valence-corrected chi connectivity index (χ0v) is 10.3. The van der Waals surface area contributed by atoms with Gasteiger partial charge in [-0.2, -0.15) is 0 Å². The van der Waals surface area contributed by atoms with Crippen molar-refractivity contribution < 1.29 is 4.92 Å². The summed E-state index contributed by atoms with van der Waals surface area (Å²) < 4.78 is 0. The van der Waals surface area contributed by atoms with E-state index in [1.54, 1.807) is 12.1 Å². The second kappa shape index (κ2) is 6.85. The molecule has 0 aliphatic rings. The van der Waals surface area contributed by atoms with Crippen molar-refractivity contribution in [1.29, 1.82) is 0 Å². The van der Waals surface area contributed by atoms with E-state index in [4.69, 9.17) is 0 Å². The minimum Gasteiger partial charge on any atom is -0.384 e. The molecule has 0 radical (unpaired) electrons. The van der Waals surface area contributed by atoms with Crippen LogP contribution < -0.4 is 10.6 Å². The lowest BCUT2D eigenvalue weighted by Gasteiger charge is -2.08. The van der Waals surface area contributed by atoms with Crippen molar-refractivity contribution in [2.45, 2.75) is 20.3 Å². The Balaban J connectivity index is 2.50. The summed E-state index contributed by atoms with van der Waals surface area (Å²) in [5.41, 5.74) is 1.83. The Labute approximate surface area is 101 Å². The lowest BCUT2D eigenvalue weighted by atomic mass is 10.2. The maximum atomic E-state index is 10.7. The number of aryl methyl sites for hydroxylation is 1. The molecule has 0 saturated carbocycles. The fourth-order valence-corrected chi connectivity index (χ4v) is 1.57. The third-order valence-corrected chi connectivity index (χ3v) is 2.33. The Hall–Kier alpha value is -1.62. The van der Waals surface area contributed by atoms with Crippen LogP contribution in [-0.4, -0.2) is 24.6 Å². The van der Waals surface area contributed by atoms with Crippen LogP contribution in [0.4, 0.5) is 11.4 Å². The summed E-state index contributed by atoms with van der Waals surface area (Å²) in [5.74, 6) is 0. The molecule has 0 unspecified atom stereocenters. The molecular formula is C12H19N3O2. The molecule has 0 fully saturated rings. The van der Waals surface area contributed by atoms with Crippen LogP contribution in [0.1, 0.15) is 18.9 Å². The highest BCUT2D eigenvalue weighted by Gasteiger charge is 2.07. The third kappa shape index (κ3) is 4.82. The Morgan fingerprint density at radius 1 is 1.24 bits per heavy atom. The fraction of sp³-hybridized carbons (Fsp3) is 0.500. The van der Waals surface area contributed by atoms with Crippen molar-refractivity contribution in [2.75, 3.05) is 25.0 Å². The number of hydrogen-bond acceptors (Lipinski definition) is 4. The van der Waals surface area contributed by atoms with Gasteiger partial charge in [0.05, 0.1) is 4.92 Å². The highest BCUT2D eigenvalue weighted by atomic mass is 16.6. The molecular weight excluding hydrogens is 218 g/mol. The Kier molecular flexibility index (Phi) is 5.42. The van der Waals surface area contributed by atoms with Gasteiger partial charge in [0.15, 0.2) is 0 Å². The minimum atomic E-state index is -0.368. The van der Waals surface area contributed by atoms with E-state index >= 15 is 0 Å². The average molecular weight is 237 g/mol. The Morgan fingerprint density at radius 3 is 2.65 bits per heavy atom. The van der Waals surface area contributed by atoms with Crippen molar-refractivity contribution >= 4 is 11.4 Å². The van der Waals surface area contributed by atoms with Gasteiger partial charge in [0.25, 0.3) is 5.69 Å². The Morgan fingerprint density at radius 2 is 2.00 bits per heavy atom. The van der Waals surface area contributed by atoms with E-state index in [9.17, 15) is 10.1 Å². The summed E-state index contributed by atoms with van der Waals surface area (Å²) in [6.45, 7) is 6.59. The van der Waals surface area contributed by atoms with Crippen molar-refractivity contribution in [3.63, 3.8) is 0 Å². The molecule has 2 N–H and O–H groups in total. The summed E-state index contributed by atoms with van der Waals surface area (Å²) in [6, 6.07) is 5.04. The van der Waals surface area contributed by atoms with Crippen molar-refractivity contribution in [2.24, 2.45) is 0 Å². The van der Waals surface area contributed by atoms with Gasteiger partial charge >= 0.3 is 0 Å². The van der Waals surface area contributed by atoms with Gasteiger partial charge < -0.3 is 10.6 Å². The number of anilines is 1. The first-order valence-corrected chi connectivity index (χ1v) is 5.84. The second-order valence-corrected chi connectivity index (χ2v) is 3.99. The van der Waals surface area contributed by atoms with Gasteiger partial charge in [-0.25, -0.2) is 0 Å². The molecule has 1 aromatic carbocycles. The van der Waals surface area contributed by atoms with Crippen LogP contribution in [-0.2, 0) is 0 Å². The molecule has 0 atom stereocenters. The average Bonchev–Trinajstić information content (AvgIpc) is 2.28. The summed E-state index contributed by atoms with van der Waals surface area (Å²) >= 11 is 0. The number of nitrogens with one attached hydrogen (secondary N) is 2. The normalized spacial score (nSPS) is 10.2. The van der Waals surface area contributed by atoms with Crippen molar-refractivity contribution in [1.82, 2.24) is 5.32 Å². The first-order valence-electron chi connectivity index (χ1n) is 5.84. The standard InChI is InChI=1S/C12H19N3O2/c1-3-4-13-5-6-14-11-7-10(2)8-12(9-11)15(16)17/h7-9,13-14H,3-6H2,1-2H3. The number of hydrogen-bond donors (Lipinski definition) is 2. The number of rotatable bonds is 7. The highest BCUT2D eigenvalue weighted by Crippen LogP contribution is 2.19. The molecule has 1 aromatic rings. The predicted octanol–water partition coefficient (Wildman–Crippen LogP) is 2.31. The molecule has 0 amide bonds. The van der Waals surface area contributed by atoms with Crippen molar-refractivity contribution in [3.8, 4) is 0 Å². The molecule has 5 nitrogen and oxygen atoms in total. The van der Waals surface area contributed by atoms with E-state index < -0.39 is 0 Å². The minimum absolute atomic E-state index is 0.133. The first-order chi connectivity index (χ1) is 8.13. The lowest BCUT2D eigenvalue weighted by Crippen LogP contribution is -2.22. The van der Waals surface area contributed by atoms with Gasteiger partial charge in [-0.05, 0) is 31.5 Å². The number of non-ortho nitro benzene ring substituents is 1. The molecule has 0 aromatic heterocycles. The monoisotopic (exact) mass is 237 g/mol. The zero-order chi connectivity index (χ0) is 12.7. The van der Waals surface area contributed by atoms with E-state index in [1.165, 1.54) is 0 Å². The summed E-state index contributed by atoms with van der Waals surface area (Å²) in [5, 5.41) is 17.1. The van der Waals surface area contributed by atoms with Crippen LogP contribution in [0.3, 0.4) is 0 Å². The third-order valence-electron chi connectivity index (χ3n) is 2.33. The molecule has 0 saturated heterocycles. The maximum absolute atomic E-state index is 10.7. The molecule has 94 valence electrons. The van der Waals surface area contributed by atoms with E-state index in [0.717, 1.165) is 37.3 Å². The summed E-state index contributed by atoms with van der Waals surface area (Å²) in [4.78, 5) is 10.3. The maximum Gasteiger partial charge on any atom is 0.271 e. The largest absolute Gasteiger partial charge is 0.384 e. The zero-order valence-electron chi connectivity index (χ0n) is 10.3. The van der Waals surface area contributed by atoms with Crippen LogP contribution in [0.15, 0.2) is 18.2 Å². The van der Waals surface area contributed by atoms with Gasteiger partial charge in [-0.15, -0.1) is 0 Å². The predicted molar refractivity (Wildman–Crippen MR) is 69.5 cm³/mol. The van der Waals surface area contributed by atoms with E-state index in [1.807, 2.05) is 13.0 Å². The molecule has 1 rings (SSSR count). The smallest absolute Gasteiger partial charge is 0.271 e. The number of benzene rings is 1. The molecule has 0 aliphatic carbocycles. The topological polar surface area (TPSA) is 67.2 Å². The Bertz CT molecular complexity index is 380. The molecule has 17 heavy (non-hydrogen) atoms. The van der Waals surface area contributed by atoms with Crippen LogP contribution in [0, 0.1) is 17.0 Å². The molecule has 0 spiro atoms. The summed E-state index contributed by atoms with van der Waals surface area (Å²) in [7, 11) is 0. The van der Waals surface area contributed by atoms with E-state index in [0.29, 0.717) is 0 Å². The van der Waals surface area contributed by atoms with Gasteiger partial charge in [0.2, 0.25) is 0 Å². The van der Waals surface area contributed by atoms with Gasteiger partial charge in [-0.1, -0.05) is 6.92 Å². The van der Waals surface area contributed by atoms with Crippen molar-refractivity contribution in [3.05, 3.63) is 33.9 Å². The molecule has 0 aliphatic heterocycles. The van der Waals surface area contributed by atoms with Gasteiger partial charge in [0, 0.05) is 30.9 Å². The van der Waals surface area contributed by atoms with Gasteiger partial charge in [0.1, 0.15) is 0 Å². The second-order valence-electron chi connectivity index (χ2n) is 3.99. The number of nitrogens with zero attached hydrogens (tertiary/aromatic N) is 1. The quantitative estimate of drug-likeness (QED) is 0.434. The van der Waals surface area contributed by atoms with Crippen LogP contribution in [0.25, 0.3) is 0 Å². The lowest BCUT2D eigenvalue weighted by molar-refractivity contribution is -0.384. The van der Waals surface area contributed by atoms with E-state index in [2.05, 4.69) is 17.6 Å². The first kappa shape index (κ1) is 13.4. The highest BCUT2D eigenvalue weighted by molar-refractivity contribution is 5.53. The van der Waals surface area contributed by atoms with Crippen LogP contribution in [0.2, 0.25) is 0 Å². The molecule has 0 bridgehead atoms.